The Balaban J connectivity index is 2.42. The minimum atomic E-state index is -0.460. The van der Waals surface area contributed by atoms with Gasteiger partial charge in [-0.3, -0.25) is 9.89 Å². The number of carbonyl (C=O) groups excluding carboxylic acids is 1. The van der Waals surface area contributed by atoms with E-state index in [1.54, 1.807) is 12.3 Å². The number of nitrogens with zero attached hydrogens (tertiary/aromatic N) is 1. The fourth-order valence-corrected chi connectivity index (χ4v) is 1.17. The number of hydrogen-bond donors (Lipinski definition) is 3. The van der Waals surface area contributed by atoms with Crippen molar-refractivity contribution < 1.29 is 4.79 Å². The Morgan fingerprint density at radius 1 is 1.71 bits per heavy atom. The number of amides is 1. The van der Waals surface area contributed by atoms with E-state index in [-0.39, 0.29) is 5.91 Å². The second-order valence-corrected chi connectivity index (χ2v) is 3.70. The summed E-state index contributed by atoms with van der Waals surface area (Å²) in [6, 6.07) is 1.22. The number of aromatic nitrogens is 2. The molecule has 1 heterocycles. The van der Waals surface area contributed by atoms with Crippen LogP contribution in [0.2, 0.25) is 0 Å². The zero-order valence-corrected chi connectivity index (χ0v) is 8.45. The third kappa shape index (κ3) is 3.18. The number of aromatic amines is 1. The predicted octanol–water partition coefficient (Wildman–Crippen LogP) is 0.722. The highest BCUT2D eigenvalue weighted by Gasteiger charge is 2.15. The van der Waals surface area contributed by atoms with E-state index in [0.717, 1.165) is 0 Å². The number of carbonyl (C=O) groups is 1. The smallest absolute Gasteiger partial charge is 0.242 e. The highest BCUT2D eigenvalue weighted by atomic mass is 16.2. The molecule has 0 fully saturated rings. The quantitative estimate of drug-likeness (QED) is 0.663. The van der Waals surface area contributed by atoms with Crippen molar-refractivity contribution in [1.82, 2.24) is 10.2 Å². The molecule has 78 valence electrons. The Morgan fingerprint density at radius 3 is 2.93 bits per heavy atom. The molecule has 0 saturated heterocycles. The maximum absolute atomic E-state index is 11.5. The monoisotopic (exact) mass is 196 g/mol. The molecule has 1 aromatic rings. The molecular formula is C9H16N4O. The molecule has 5 heteroatoms. The summed E-state index contributed by atoms with van der Waals surface area (Å²) in [5, 5.41) is 9.00. The largest absolute Gasteiger partial charge is 0.320 e. The molecule has 0 bridgehead atoms. The van der Waals surface area contributed by atoms with Gasteiger partial charge in [0.2, 0.25) is 5.91 Å². The Morgan fingerprint density at radius 2 is 2.43 bits per heavy atom. The maximum Gasteiger partial charge on any atom is 0.242 e. The van der Waals surface area contributed by atoms with Gasteiger partial charge in [-0.05, 0) is 12.3 Å². The van der Waals surface area contributed by atoms with Gasteiger partial charge in [0.05, 0.1) is 12.2 Å². The Kier molecular flexibility index (Phi) is 3.64. The van der Waals surface area contributed by atoms with Crippen molar-refractivity contribution in [2.45, 2.75) is 26.3 Å². The highest BCUT2D eigenvalue weighted by molar-refractivity contribution is 5.93. The molecule has 1 rings (SSSR count). The van der Waals surface area contributed by atoms with Crippen LogP contribution in [0.1, 0.15) is 20.3 Å². The molecule has 0 aliphatic rings. The van der Waals surface area contributed by atoms with Crippen LogP contribution < -0.4 is 11.1 Å². The average Bonchev–Trinajstić information content (AvgIpc) is 2.55. The molecule has 14 heavy (non-hydrogen) atoms. The van der Waals surface area contributed by atoms with Crippen LogP contribution in [0.15, 0.2) is 12.3 Å². The fraction of sp³-hybridized carbons (Fsp3) is 0.556. The van der Waals surface area contributed by atoms with Crippen molar-refractivity contribution >= 4 is 11.7 Å². The van der Waals surface area contributed by atoms with E-state index in [1.165, 1.54) is 0 Å². The first-order valence-electron chi connectivity index (χ1n) is 4.65. The number of rotatable bonds is 4. The number of hydrogen-bond acceptors (Lipinski definition) is 3. The lowest BCUT2D eigenvalue weighted by Gasteiger charge is -2.12. The summed E-state index contributed by atoms with van der Waals surface area (Å²) in [7, 11) is 0. The summed E-state index contributed by atoms with van der Waals surface area (Å²) in [6.07, 6.45) is 2.25. The second-order valence-electron chi connectivity index (χ2n) is 3.70. The van der Waals surface area contributed by atoms with Gasteiger partial charge in [-0.1, -0.05) is 13.8 Å². The van der Waals surface area contributed by atoms with E-state index in [0.29, 0.717) is 18.2 Å². The maximum atomic E-state index is 11.5. The van der Waals surface area contributed by atoms with Crippen LogP contribution in [0.5, 0.6) is 0 Å². The first-order chi connectivity index (χ1) is 6.59. The first kappa shape index (κ1) is 10.7. The van der Waals surface area contributed by atoms with Crippen LogP contribution in [0, 0.1) is 5.92 Å². The van der Waals surface area contributed by atoms with E-state index >= 15 is 0 Å². The van der Waals surface area contributed by atoms with E-state index in [9.17, 15) is 4.79 Å². The van der Waals surface area contributed by atoms with Gasteiger partial charge in [-0.25, -0.2) is 0 Å². The Bertz CT molecular complexity index is 281. The molecule has 0 aromatic carbocycles. The summed E-state index contributed by atoms with van der Waals surface area (Å²) in [5.41, 5.74) is 5.69. The minimum absolute atomic E-state index is 0.178. The number of anilines is 1. The Hall–Kier alpha value is -1.36. The summed E-state index contributed by atoms with van der Waals surface area (Å²) < 4.78 is 0. The topological polar surface area (TPSA) is 83.8 Å². The standard InChI is InChI=1S/C9H16N4O/c1-6(2)5-7(10)9(14)12-8-3-4-11-13-8/h3-4,6-7H,5,10H2,1-2H3,(H2,11,12,13,14)/t7-/m1/s1. The van der Waals surface area contributed by atoms with Crippen LogP contribution in [0.25, 0.3) is 0 Å². The van der Waals surface area contributed by atoms with Gasteiger partial charge in [-0.15, -0.1) is 0 Å². The summed E-state index contributed by atoms with van der Waals surface area (Å²) in [4.78, 5) is 11.5. The molecule has 0 radical (unpaired) electrons. The van der Waals surface area contributed by atoms with Crippen molar-refractivity contribution in [3.63, 3.8) is 0 Å². The van der Waals surface area contributed by atoms with Crippen molar-refractivity contribution in [3.8, 4) is 0 Å². The number of nitrogens with one attached hydrogen (secondary N) is 2. The SMILES string of the molecule is CC(C)C[C@@H](N)C(=O)Nc1ccn[nH]1. The van der Waals surface area contributed by atoms with Gasteiger partial charge in [0.25, 0.3) is 0 Å². The lowest BCUT2D eigenvalue weighted by atomic mass is 10.0. The lowest BCUT2D eigenvalue weighted by molar-refractivity contribution is -0.117. The molecule has 1 amide bonds. The lowest BCUT2D eigenvalue weighted by Crippen LogP contribution is -2.36. The normalized spacial score (nSPS) is 12.9. The van der Waals surface area contributed by atoms with Crippen LogP contribution in [0.4, 0.5) is 5.82 Å². The van der Waals surface area contributed by atoms with E-state index < -0.39 is 6.04 Å². The third-order valence-corrected chi connectivity index (χ3v) is 1.82. The van der Waals surface area contributed by atoms with Gasteiger partial charge in [0.1, 0.15) is 5.82 Å². The molecule has 0 aliphatic heterocycles. The predicted molar refractivity (Wildman–Crippen MR) is 54.6 cm³/mol. The summed E-state index contributed by atoms with van der Waals surface area (Å²) in [5.74, 6) is 0.815. The second kappa shape index (κ2) is 4.76. The molecule has 1 atom stereocenters. The Labute approximate surface area is 83.1 Å². The molecule has 1 aromatic heterocycles. The molecule has 5 nitrogen and oxygen atoms in total. The van der Waals surface area contributed by atoms with Gasteiger partial charge < -0.3 is 11.1 Å². The molecule has 4 N–H and O–H groups in total. The van der Waals surface area contributed by atoms with Crippen LogP contribution in [0.3, 0.4) is 0 Å². The summed E-state index contributed by atoms with van der Waals surface area (Å²) >= 11 is 0. The van der Waals surface area contributed by atoms with Crippen molar-refractivity contribution in [2.24, 2.45) is 11.7 Å². The van der Waals surface area contributed by atoms with Gasteiger partial charge >= 0.3 is 0 Å². The zero-order chi connectivity index (χ0) is 10.6. The van der Waals surface area contributed by atoms with Crippen molar-refractivity contribution in [1.29, 1.82) is 0 Å². The van der Waals surface area contributed by atoms with Gasteiger partial charge in [-0.2, -0.15) is 5.10 Å². The first-order valence-corrected chi connectivity index (χ1v) is 4.65. The van der Waals surface area contributed by atoms with E-state index in [2.05, 4.69) is 15.5 Å². The van der Waals surface area contributed by atoms with E-state index in [4.69, 9.17) is 5.73 Å². The number of nitrogens with two attached hydrogens (primary N) is 1. The average molecular weight is 196 g/mol. The molecule has 0 unspecified atom stereocenters. The minimum Gasteiger partial charge on any atom is -0.320 e. The van der Waals surface area contributed by atoms with Crippen molar-refractivity contribution in [2.75, 3.05) is 5.32 Å². The molecular weight excluding hydrogens is 180 g/mol. The van der Waals surface area contributed by atoms with Crippen LogP contribution >= 0.6 is 0 Å². The van der Waals surface area contributed by atoms with Crippen molar-refractivity contribution in [3.05, 3.63) is 12.3 Å². The van der Waals surface area contributed by atoms with E-state index in [1.807, 2.05) is 13.8 Å². The van der Waals surface area contributed by atoms with Crippen LogP contribution in [-0.4, -0.2) is 22.1 Å². The van der Waals surface area contributed by atoms with Gasteiger partial charge in [0, 0.05) is 6.07 Å². The molecule has 0 aliphatic carbocycles. The summed E-state index contributed by atoms with van der Waals surface area (Å²) in [6.45, 7) is 4.06. The molecule has 0 spiro atoms. The molecule has 0 saturated carbocycles. The van der Waals surface area contributed by atoms with Gasteiger partial charge in [0.15, 0.2) is 0 Å². The van der Waals surface area contributed by atoms with Crippen LogP contribution in [-0.2, 0) is 4.79 Å². The zero-order valence-electron chi connectivity index (χ0n) is 8.45. The number of H-pyrrole nitrogens is 1. The fourth-order valence-electron chi connectivity index (χ4n) is 1.17. The third-order valence-electron chi connectivity index (χ3n) is 1.82. The highest BCUT2D eigenvalue weighted by Crippen LogP contribution is 2.05.